The highest BCUT2D eigenvalue weighted by Gasteiger charge is 2.08. The van der Waals surface area contributed by atoms with Gasteiger partial charge in [0.15, 0.2) is 0 Å². The maximum atomic E-state index is 11.7. The highest BCUT2D eigenvalue weighted by molar-refractivity contribution is 5.86. The van der Waals surface area contributed by atoms with E-state index in [-0.39, 0.29) is 12.3 Å². The van der Waals surface area contributed by atoms with Crippen LogP contribution in [0.4, 0.5) is 0 Å². The maximum Gasteiger partial charge on any atom is 0.250 e. The number of para-hydroxylation sites is 1. The van der Waals surface area contributed by atoms with Crippen molar-refractivity contribution in [2.75, 3.05) is 7.05 Å². The summed E-state index contributed by atoms with van der Waals surface area (Å²) in [5, 5.41) is 13.0. The van der Waals surface area contributed by atoms with Gasteiger partial charge in [0.25, 0.3) is 0 Å². The van der Waals surface area contributed by atoms with Crippen LogP contribution in [0.2, 0.25) is 0 Å². The highest BCUT2D eigenvalue weighted by Crippen LogP contribution is 2.23. The van der Waals surface area contributed by atoms with Crippen molar-refractivity contribution >= 4 is 27.6 Å². The molecule has 5 nitrogen and oxygen atoms in total. The first kappa shape index (κ1) is 17.9. The molecule has 0 saturated carbocycles. The molecule has 140 valence electrons. The van der Waals surface area contributed by atoms with Gasteiger partial charge < -0.3 is 4.74 Å². The topological polar surface area (TPSA) is 62.7 Å². The molecule has 0 fully saturated rings. The second-order valence-corrected chi connectivity index (χ2v) is 6.72. The summed E-state index contributed by atoms with van der Waals surface area (Å²) in [5.74, 6) is 0.420. The number of fused-ring (bicyclic) bond motifs is 2. The van der Waals surface area contributed by atoms with Gasteiger partial charge >= 0.3 is 0 Å². The monoisotopic (exact) mass is 372 g/mol. The average Bonchev–Trinajstić information content (AvgIpc) is 2.72. The van der Waals surface area contributed by atoms with Gasteiger partial charge in [0, 0.05) is 12.4 Å². The molecule has 1 amide bonds. The van der Waals surface area contributed by atoms with E-state index >= 15 is 0 Å². The predicted octanol–water partition coefficient (Wildman–Crippen LogP) is 4.36. The molecule has 28 heavy (non-hydrogen) atoms. The number of pyridine rings is 1. The van der Waals surface area contributed by atoms with E-state index in [9.17, 15) is 10.0 Å². The van der Waals surface area contributed by atoms with Gasteiger partial charge in [-0.1, -0.05) is 48.5 Å². The molecule has 4 rings (SSSR count). The molecular weight excluding hydrogens is 352 g/mol. The number of hydrogen-bond acceptors (Lipinski definition) is 4. The number of amides is 1. The first-order chi connectivity index (χ1) is 13.6. The summed E-state index contributed by atoms with van der Waals surface area (Å²) in [7, 11) is 1.33. The molecule has 4 aromatic rings. The van der Waals surface area contributed by atoms with Crippen LogP contribution in [0, 0.1) is 0 Å². The molecule has 5 heteroatoms. The van der Waals surface area contributed by atoms with Gasteiger partial charge in [-0.25, -0.2) is 10.0 Å². The number of likely N-dealkylation sites (N-methyl/N-ethyl adjacent to an activating group) is 1. The molecule has 0 saturated heterocycles. The van der Waals surface area contributed by atoms with E-state index in [4.69, 9.17) is 4.74 Å². The third kappa shape index (κ3) is 3.94. The Morgan fingerprint density at radius 3 is 2.57 bits per heavy atom. The largest absolute Gasteiger partial charge is 0.487 e. The first-order valence-corrected chi connectivity index (χ1v) is 9.04. The van der Waals surface area contributed by atoms with E-state index < -0.39 is 0 Å². The number of carbonyl (C=O) groups is 1. The normalized spacial score (nSPS) is 10.9. The smallest absolute Gasteiger partial charge is 0.250 e. The van der Waals surface area contributed by atoms with Crippen molar-refractivity contribution in [3.63, 3.8) is 0 Å². The van der Waals surface area contributed by atoms with Crippen molar-refractivity contribution < 1.29 is 14.7 Å². The molecule has 0 spiro atoms. The fourth-order valence-corrected chi connectivity index (χ4v) is 3.11. The third-order valence-corrected chi connectivity index (χ3v) is 4.64. The van der Waals surface area contributed by atoms with Gasteiger partial charge in [-0.2, -0.15) is 0 Å². The van der Waals surface area contributed by atoms with Crippen LogP contribution in [0.3, 0.4) is 0 Å². The highest BCUT2D eigenvalue weighted by atomic mass is 16.5. The zero-order chi connectivity index (χ0) is 19.5. The average molecular weight is 372 g/mol. The van der Waals surface area contributed by atoms with E-state index in [0.29, 0.717) is 11.7 Å². The van der Waals surface area contributed by atoms with Crippen molar-refractivity contribution in [2.24, 2.45) is 0 Å². The quantitative estimate of drug-likeness (QED) is 0.418. The molecule has 0 unspecified atom stereocenters. The number of nitrogens with zero attached hydrogens (tertiary/aromatic N) is 2. The van der Waals surface area contributed by atoms with Gasteiger partial charge in [-0.15, -0.1) is 0 Å². The van der Waals surface area contributed by atoms with Crippen LogP contribution in [0.15, 0.2) is 72.8 Å². The Morgan fingerprint density at radius 1 is 0.964 bits per heavy atom. The minimum absolute atomic E-state index is 0.162. The van der Waals surface area contributed by atoms with Crippen LogP contribution >= 0.6 is 0 Å². The fraction of sp³-hybridized carbons (Fsp3) is 0.130. The Balaban J connectivity index is 1.48. The molecule has 1 N–H and O–H groups in total. The van der Waals surface area contributed by atoms with E-state index in [0.717, 1.165) is 38.7 Å². The van der Waals surface area contributed by atoms with Crippen molar-refractivity contribution in [1.29, 1.82) is 0 Å². The lowest BCUT2D eigenvalue weighted by Crippen LogP contribution is -2.24. The van der Waals surface area contributed by atoms with Crippen LogP contribution in [0.1, 0.15) is 11.3 Å². The van der Waals surface area contributed by atoms with Crippen LogP contribution < -0.4 is 4.74 Å². The predicted molar refractivity (Wildman–Crippen MR) is 108 cm³/mol. The molecule has 1 aromatic heterocycles. The number of ether oxygens (including phenoxy) is 1. The standard InChI is InChI=1S/C23H20N2O3/c1-25(27)23(26)13-16-6-7-19-14-21(11-9-18(19)12-16)28-15-20-10-8-17-4-2-3-5-22(17)24-20/h2-12,14,27H,13,15H2,1H3. The number of hydrogen-bond donors (Lipinski definition) is 1. The van der Waals surface area contributed by atoms with Crippen molar-refractivity contribution in [3.8, 4) is 5.75 Å². The van der Waals surface area contributed by atoms with E-state index in [1.807, 2.05) is 72.8 Å². The summed E-state index contributed by atoms with van der Waals surface area (Å²) in [6.45, 7) is 0.395. The van der Waals surface area contributed by atoms with Gasteiger partial charge in [-0.05, 0) is 40.6 Å². The second kappa shape index (κ2) is 7.66. The molecule has 0 atom stereocenters. The molecule has 0 aliphatic heterocycles. The second-order valence-electron chi connectivity index (χ2n) is 6.72. The van der Waals surface area contributed by atoms with E-state index in [1.54, 1.807) is 0 Å². The molecule has 1 heterocycles. The Labute approximate surface area is 162 Å². The summed E-state index contributed by atoms with van der Waals surface area (Å²) in [6.07, 6.45) is 0.162. The fourth-order valence-electron chi connectivity index (χ4n) is 3.11. The summed E-state index contributed by atoms with van der Waals surface area (Å²) < 4.78 is 5.92. The lowest BCUT2D eigenvalue weighted by atomic mass is 10.0. The molecule has 0 aliphatic carbocycles. The number of carbonyl (C=O) groups excluding carboxylic acids is 1. The Bertz CT molecular complexity index is 1150. The summed E-state index contributed by atoms with van der Waals surface area (Å²) in [6, 6.07) is 23.7. The summed E-state index contributed by atoms with van der Waals surface area (Å²) in [4.78, 5) is 16.3. The minimum Gasteiger partial charge on any atom is -0.487 e. The maximum absolute atomic E-state index is 11.7. The van der Waals surface area contributed by atoms with Gasteiger partial charge in [0.1, 0.15) is 12.4 Å². The molecule has 0 bridgehead atoms. The van der Waals surface area contributed by atoms with Crippen molar-refractivity contribution in [3.05, 3.63) is 84.1 Å². The number of rotatable bonds is 5. The summed E-state index contributed by atoms with van der Waals surface area (Å²) >= 11 is 0. The minimum atomic E-state index is -0.345. The van der Waals surface area contributed by atoms with Crippen molar-refractivity contribution in [1.82, 2.24) is 10.0 Å². The lowest BCUT2D eigenvalue weighted by molar-refractivity contribution is -0.158. The van der Waals surface area contributed by atoms with E-state index in [1.165, 1.54) is 7.05 Å². The van der Waals surface area contributed by atoms with Gasteiger partial charge in [0.2, 0.25) is 5.91 Å². The Morgan fingerprint density at radius 2 is 1.71 bits per heavy atom. The SMILES string of the molecule is CN(O)C(=O)Cc1ccc2cc(OCc3ccc4ccccc4n3)ccc2c1. The van der Waals surface area contributed by atoms with Gasteiger partial charge in [0.05, 0.1) is 17.6 Å². The number of benzene rings is 3. The molecular formula is C23H20N2O3. The van der Waals surface area contributed by atoms with Crippen LogP contribution in [0.5, 0.6) is 5.75 Å². The number of aromatic nitrogens is 1. The number of hydroxylamine groups is 2. The third-order valence-electron chi connectivity index (χ3n) is 4.64. The molecule has 0 aliphatic rings. The van der Waals surface area contributed by atoms with Crippen LogP contribution in [-0.4, -0.2) is 28.2 Å². The van der Waals surface area contributed by atoms with Crippen LogP contribution in [-0.2, 0) is 17.8 Å². The Hall–Kier alpha value is -3.44. The van der Waals surface area contributed by atoms with E-state index in [2.05, 4.69) is 4.98 Å². The van der Waals surface area contributed by atoms with Gasteiger partial charge in [-0.3, -0.25) is 10.0 Å². The lowest BCUT2D eigenvalue weighted by Gasteiger charge is -2.10. The first-order valence-electron chi connectivity index (χ1n) is 9.04. The summed E-state index contributed by atoms with van der Waals surface area (Å²) in [5.41, 5.74) is 2.69. The zero-order valence-corrected chi connectivity index (χ0v) is 15.5. The zero-order valence-electron chi connectivity index (χ0n) is 15.5. The Kier molecular flexibility index (Phi) is 4.91. The molecule has 3 aromatic carbocycles. The van der Waals surface area contributed by atoms with Crippen LogP contribution in [0.25, 0.3) is 21.7 Å². The van der Waals surface area contributed by atoms with Crippen molar-refractivity contribution in [2.45, 2.75) is 13.0 Å². The molecule has 0 radical (unpaired) electrons.